The second kappa shape index (κ2) is 8.07. The SMILES string of the molecule is O=S(=O)(NCCCCCCO)c1cc(Cl)ccc1Cl. The minimum atomic E-state index is -3.62. The lowest BCUT2D eigenvalue weighted by Crippen LogP contribution is -2.25. The fraction of sp³-hybridized carbons (Fsp3) is 0.500. The Morgan fingerprint density at radius 3 is 2.47 bits per heavy atom. The van der Waals surface area contributed by atoms with Crippen molar-refractivity contribution in [3.63, 3.8) is 0 Å². The molecule has 19 heavy (non-hydrogen) atoms. The van der Waals surface area contributed by atoms with Crippen LogP contribution in [0.1, 0.15) is 25.7 Å². The number of nitrogens with one attached hydrogen (secondary N) is 1. The van der Waals surface area contributed by atoms with Crippen molar-refractivity contribution in [3.8, 4) is 0 Å². The van der Waals surface area contributed by atoms with Gasteiger partial charge in [0.15, 0.2) is 0 Å². The Bertz CT molecular complexity index is 506. The number of hydrogen-bond donors (Lipinski definition) is 2. The lowest BCUT2D eigenvalue weighted by Gasteiger charge is -2.08. The molecule has 0 radical (unpaired) electrons. The largest absolute Gasteiger partial charge is 0.396 e. The maximum absolute atomic E-state index is 12.0. The summed E-state index contributed by atoms with van der Waals surface area (Å²) in [7, 11) is -3.62. The Morgan fingerprint density at radius 2 is 1.79 bits per heavy atom. The molecule has 7 heteroatoms. The highest BCUT2D eigenvalue weighted by molar-refractivity contribution is 7.89. The van der Waals surface area contributed by atoms with Gasteiger partial charge in [-0.25, -0.2) is 13.1 Å². The van der Waals surface area contributed by atoms with Crippen LogP contribution in [0.3, 0.4) is 0 Å². The molecule has 0 spiro atoms. The number of halogens is 2. The van der Waals surface area contributed by atoms with Gasteiger partial charge < -0.3 is 5.11 Å². The van der Waals surface area contributed by atoms with E-state index in [1.807, 2.05) is 0 Å². The van der Waals surface area contributed by atoms with Gasteiger partial charge in [-0.15, -0.1) is 0 Å². The van der Waals surface area contributed by atoms with Crippen LogP contribution in [-0.4, -0.2) is 26.7 Å². The first kappa shape index (κ1) is 16.7. The molecule has 2 N–H and O–H groups in total. The van der Waals surface area contributed by atoms with Crippen LogP contribution in [-0.2, 0) is 10.0 Å². The molecular formula is C12H17Cl2NO3S. The zero-order valence-electron chi connectivity index (χ0n) is 10.4. The van der Waals surface area contributed by atoms with E-state index in [0.29, 0.717) is 11.6 Å². The van der Waals surface area contributed by atoms with Crippen LogP contribution >= 0.6 is 23.2 Å². The van der Waals surface area contributed by atoms with E-state index in [4.69, 9.17) is 28.3 Å². The normalized spacial score (nSPS) is 11.7. The standard InChI is InChI=1S/C12H17Cl2NO3S/c13-10-5-6-11(14)12(9-10)19(17,18)15-7-3-1-2-4-8-16/h5-6,9,15-16H,1-4,7-8H2. The zero-order chi connectivity index (χ0) is 14.3. The molecule has 1 rings (SSSR count). The van der Waals surface area contributed by atoms with Crippen molar-refractivity contribution in [1.29, 1.82) is 0 Å². The van der Waals surface area contributed by atoms with Crippen molar-refractivity contribution in [2.45, 2.75) is 30.6 Å². The Labute approximate surface area is 123 Å². The predicted molar refractivity (Wildman–Crippen MR) is 77.2 cm³/mol. The van der Waals surface area contributed by atoms with E-state index >= 15 is 0 Å². The van der Waals surface area contributed by atoms with Crippen LogP contribution in [0.2, 0.25) is 10.0 Å². The Balaban J connectivity index is 2.54. The van der Waals surface area contributed by atoms with Crippen molar-refractivity contribution in [3.05, 3.63) is 28.2 Å². The molecule has 0 bridgehead atoms. The third kappa shape index (κ3) is 5.67. The molecule has 0 amide bonds. The summed E-state index contributed by atoms with van der Waals surface area (Å²) in [4.78, 5) is -0.00275. The Kier molecular flexibility index (Phi) is 7.10. The molecule has 0 unspecified atom stereocenters. The minimum Gasteiger partial charge on any atom is -0.396 e. The molecule has 0 aromatic heterocycles. The lowest BCUT2D eigenvalue weighted by atomic mass is 10.2. The molecule has 108 valence electrons. The van der Waals surface area contributed by atoms with E-state index in [0.717, 1.165) is 25.7 Å². The van der Waals surface area contributed by atoms with Crippen LogP contribution in [0.5, 0.6) is 0 Å². The van der Waals surface area contributed by atoms with E-state index in [-0.39, 0.29) is 16.5 Å². The summed E-state index contributed by atoms with van der Waals surface area (Å²) in [5, 5.41) is 9.10. The topological polar surface area (TPSA) is 66.4 Å². The number of sulfonamides is 1. The molecule has 0 saturated heterocycles. The van der Waals surface area contributed by atoms with E-state index in [1.165, 1.54) is 18.2 Å². The van der Waals surface area contributed by atoms with Gasteiger partial charge in [0, 0.05) is 18.2 Å². The third-order valence-electron chi connectivity index (χ3n) is 2.56. The van der Waals surface area contributed by atoms with Gasteiger partial charge >= 0.3 is 0 Å². The van der Waals surface area contributed by atoms with Crippen LogP contribution in [0.25, 0.3) is 0 Å². The average molecular weight is 326 g/mol. The van der Waals surface area contributed by atoms with Gasteiger partial charge in [-0.3, -0.25) is 0 Å². The second-order valence-corrected chi connectivity index (χ2v) is 6.69. The first-order valence-electron chi connectivity index (χ1n) is 6.03. The highest BCUT2D eigenvalue weighted by Gasteiger charge is 2.17. The second-order valence-electron chi connectivity index (χ2n) is 4.11. The monoisotopic (exact) mass is 325 g/mol. The van der Waals surface area contributed by atoms with Crippen molar-refractivity contribution in [2.24, 2.45) is 0 Å². The molecule has 0 saturated carbocycles. The molecule has 0 atom stereocenters. The summed E-state index contributed by atoms with van der Waals surface area (Å²) in [6, 6.07) is 4.33. The Hall–Kier alpha value is -0.330. The first-order chi connectivity index (χ1) is 8.97. The molecule has 0 aliphatic carbocycles. The minimum absolute atomic E-state index is 0.00275. The fourth-order valence-corrected chi connectivity index (χ4v) is 3.39. The Morgan fingerprint density at radius 1 is 1.11 bits per heavy atom. The van der Waals surface area contributed by atoms with E-state index in [9.17, 15) is 8.42 Å². The number of benzene rings is 1. The molecule has 0 heterocycles. The summed E-state index contributed by atoms with van der Waals surface area (Å²) in [5.74, 6) is 0. The summed E-state index contributed by atoms with van der Waals surface area (Å²) in [6.45, 7) is 0.514. The molecule has 4 nitrogen and oxygen atoms in total. The molecule has 0 fully saturated rings. The van der Waals surface area contributed by atoms with Gasteiger partial charge in [-0.1, -0.05) is 36.0 Å². The number of aliphatic hydroxyl groups excluding tert-OH is 1. The summed E-state index contributed by atoms with van der Waals surface area (Å²) in [5.41, 5.74) is 0. The first-order valence-corrected chi connectivity index (χ1v) is 8.27. The van der Waals surface area contributed by atoms with Gasteiger partial charge in [0.25, 0.3) is 0 Å². The third-order valence-corrected chi connectivity index (χ3v) is 4.74. The van der Waals surface area contributed by atoms with Gasteiger partial charge in [0.05, 0.1) is 5.02 Å². The van der Waals surface area contributed by atoms with Gasteiger partial charge in [-0.2, -0.15) is 0 Å². The van der Waals surface area contributed by atoms with Crippen molar-refractivity contribution in [1.82, 2.24) is 4.72 Å². The van der Waals surface area contributed by atoms with Gasteiger partial charge in [0.2, 0.25) is 10.0 Å². The maximum Gasteiger partial charge on any atom is 0.242 e. The summed E-state index contributed by atoms with van der Waals surface area (Å²) in [6.07, 6.45) is 3.22. The quantitative estimate of drug-likeness (QED) is 0.722. The summed E-state index contributed by atoms with van der Waals surface area (Å²) < 4.78 is 26.5. The molecule has 1 aromatic carbocycles. The average Bonchev–Trinajstić information content (AvgIpc) is 2.36. The van der Waals surface area contributed by atoms with E-state index < -0.39 is 10.0 Å². The molecular weight excluding hydrogens is 309 g/mol. The molecule has 1 aromatic rings. The van der Waals surface area contributed by atoms with Crippen LogP contribution in [0.4, 0.5) is 0 Å². The maximum atomic E-state index is 12.0. The molecule has 0 aliphatic rings. The lowest BCUT2D eigenvalue weighted by molar-refractivity contribution is 0.282. The van der Waals surface area contributed by atoms with Crippen molar-refractivity contribution < 1.29 is 13.5 Å². The highest BCUT2D eigenvalue weighted by Crippen LogP contribution is 2.24. The van der Waals surface area contributed by atoms with Gasteiger partial charge in [0.1, 0.15) is 4.90 Å². The van der Waals surface area contributed by atoms with Gasteiger partial charge in [-0.05, 0) is 31.0 Å². The predicted octanol–water partition coefficient (Wildman–Crippen LogP) is 2.82. The number of hydrogen-bond acceptors (Lipinski definition) is 3. The smallest absolute Gasteiger partial charge is 0.242 e. The summed E-state index contributed by atoms with van der Waals surface area (Å²) >= 11 is 11.6. The van der Waals surface area contributed by atoms with Crippen molar-refractivity contribution >= 4 is 33.2 Å². The molecule has 0 aliphatic heterocycles. The van der Waals surface area contributed by atoms with E-state index in [2.05, 4.69) is 4.72 Å². The number of rotatable bonds is 8. The van der Waals surface area contributed by atoms with Crippen molar-refractivity contribution in [2.75, 3.05) is 13.2 Å². The zero-order valence-corrected chi connectivity index (χ0v) is 12.7. The fourth-order valence-electron chi connectivity index (χ4n) is 1.56. The van der Waals surface area contributed by atoms with Crippen LogP contribution in [0.15, 0.2) is 23.1 Å². The number of unbranched alkanes of at least 4 members (excludes halogenated alkanes) is 3. The van der Waals surface area contributed by atoms with E-state index in [1.54, 1.807) is 0 Å². The van der Waals surface area contributed by atoms with Crippen LogP contribution in [0, 0.1) is 0 Å². The highest BCUT2D eigenvalue weighted by atomic mass is 35.5. The number of aliphatic hydroxyl groups is 1. The van der Waals surface area contributed by atoms with Crippen LogP contribution < -0.4 is 4.72 Å².